The van der Waals surface area contributed by atoms with Crippen molar-refractivity contribution in [1.29, 1.82) is 0 Å². The SMILES string of the molecule is CCC(=O)NCCn1nc(C2CCN(C(C)=O)C2)c2cccnc21. The van der Waals surface area contributed by atoms with E-state index in [2.05, 4.69) is 10.3 Å². The summed E-state index contributed by atoms with van der Waals surface area (Å²) >= 11 is 0. The van der Waals surface area contributed by atoms with E-state index in [0.29, 0.717) is 26.1 Å². The van der Waals surface area contributed by atoms with E-state index in [9.17, 15) is 9.59 Å². The van der Waals surface area contributed by atoms with Crippen molar-refractivity contribution in [3.8, 4) is 0 Å². The van der Waals surface area contributed by atoms with Crippen LogP contribution in [0.2, 0.25) is 0 Å². The van der Waals surface area contributed by atoms with Gasteiger partial charge in [-0.2, -0.15) is 5.10 Å². The molecule has 1 aliphatic heterocycles. The number of likely N-dealkylation sites (tertiary alicyclic amines) is 1. The fraction of sp³-hybridized carbons (Fsp3) is 0.529. The lowest BCUT2D eigenvalue weighted by molar-refractivity contribution is -0.127. The number of fused-ring (bicyclic) bond motifs is 1. The van der Waals surface area contributed by atoms with Crippen LogP contribution in [0.5, 0.6) is 0 Å². The summed E-state index contributed by atoms with van der Waals surface area (Å²) < 4.78 is 1.86. The second-order valence-corrected chi connectivity index (χ2v) is 6.14. The van der Waals surface area contributed by atoms with Gasteiger partial charge in [0.25, 0.3) is 0 Å². The zero-order valence-electron chi connectivity index (χ0n) is 14.2. The van der Waals surface area contributed by atoms with Gasteiger partial charge in [-0.1, -0.05) is 6.92 Å². The summed E-state index contributed by atoms with van der Waals surface area (Å²) in [6, 6.07) is 3.94. The van der Waals surface area contributed by atoms with E-state index in [-0.39, 0.29) is 17.7 Å². The first kappa shape index (κ1) is 16.4. The molecule has 2 aromatic heterocycles. The van der Waals surface area contributed by atoms with Gasteiger partial charge in [0.2, 0.25) is 11.8 Å². The normalized spacial score (nSPS) is 17.4. The predicted octanol–water partition coefficient (Wildman–Crippen LogP) is 1.29. The zero-order chi connectivity index (χ0) is 17.1. The number of hydrogen-bond acceptors (Lipinski definition) is 4. The highest BCUT2D eigenvalue weighted by atomic mass is 16.2. The standard InChI is InChI=1S/C17H23N5O2/c1-3-15(24)18-8-10-22-17-14(5-4-7-19-17)16(20-22)13-6-9-21(11-13)12(2)23/h4-5,7,13H,3,6,8-11H2,1-2H3,(H,18,24). The molecule has 1 unspecified atom stereocenters. The quantitative estimate of drug-likeness (QED) is 0.896. The van der Waals surface area contributed by atoms with Crippen molar-refractivity contribution in [2.45, 2.75) is 39.2 Å². The van der Waals surface area contributed by atoms with Crippen LogP contribution in [-0.4, -0.2) is 51.1 Å². The van der Waals surface area contributed by atoms with Crippen LogP contribution in [0.1, 0.15) is 38.3 Å². The molecule has 0 aliphatic carbocycles. The van der Waals surface area contributed by atoms with Crippen molar-refractivity contribution >= 4 is 22.8 Å². The highest BCUT2D eigenvalue weighted by Gasteiger charge is 2.29. The molecule has 3 rings (SSSR count). The lowest BCUT2D eigenvalue weighted by Gasteiger charge is -2.12. The molecule has 2 amide bonds. The third kappa shape index (κ3) is 3.25. The number of hydrogen-bond donors (Lipinski definition) is 1. The third-order valence-electron chi connectivity index (χ3n) is 4.52. The first-order valence-electron chi connectivity index (χ1n) is 8.43. The molecule has 0 radical (unpaired) electrons. The van der Waals surface area contributed by atoms with Crippen molar-refractivity contribution in [2.75, 3.05) is 19.6 Å². The number of nitrogens with one attached hydrogen (secondary N) is 1. The topological polar surface area (TPSA) is 80.1 Å². The van der Waals surface area contributed by atoms with E-state index in [1.54, 1.807) is 13.1 Å². The Balaban J connectivity index is 1.81. The molecule has 2 aromatic rings. The summed E-state index contributed by atoms with van der Waals surface area (Å²) in [7, 11) is 0. The van der Waals surface area contributed by atoms with Gasteiger partial charge in [0.15, 0.2) is 5.65 Å². The molecule has 1 aliphatic rings. The average Bonchev–Trinajstić information content (AvgIpc) is 3.20. The van der Waals surface area contributed by atoms with Gasteiger partial charge in [0, 0.05) is 50.5 Å². The van der Waals surface area contributed by atoms with Crippen molar-refractivity contribution in [1.82, 2.24) is 25.0 Å². The summed E-state index contributed by atoms with van der Waals surface area (Å²) in [6.45, 7) is 6.05. The molecule has 1 atom stereocenters. The number of carbonyl (C=O) groups is 2. The van der Waals surface area contributed by atoms with E-state index < -0.39 is 0 Å². The first-order chi connectivity index (χ1) is 11.6. The van der Waals surface area contributed by atoms with Crippen LogP contribution in [0.4, 0.5) is 0 Å². The van der Waals surface area contributed by atoms with Crippen molar-refractivity contribution in [3.63, 3.8) is 0 Å². The molecule has 3 heterocycles. The van der Waals surface area contributed by atoms with Gasteiger partial charge in [0.1, 0.15) is 0 Å². The van der Waals surface area contributed by atoms with Gasteiger partial charge < -0.3 is 10.2 Å². The van der Waals surface area contributed by atoms with E-state index in [4.69, 9.17) is 5.10 Å². The Labute approximate surface area is 141 Å². The van der Waals surface area contributed by atoms with E-state index in [1.165, 1.54) is 0 Å². The molecule has 0 aromatic carbocycles. The molecular formula is C17H23N5O2. The number of rotatable bonds is 5. The van der Waals surface area contributed by atoms with Gasteiger partial charge in [-0.15, -0.1) is 0 Å². The predicted molar refractivity (Wildman–Crippen MR) is 90.4 cm³/mol. The summed E-state index contributed by atoms with van der Waals surface area (Å²) in [5, 5.41) is 8.66. The van der Waals surface area contributed by atoms with Gasteiger partial charge in [-0.05, 0) is 18.6 Å². The molecule has 0 saturated carbocycles. The second kappa shape index (κ2) is 6.98. The molecule has 7 nitrogen and oxygen atoms in total. The summed E-state index contributed by atoms with van der Waals surface area (Å²) in [6.07, 6.45) is 3.16. The highest BCUT2D eigenvalue weighted by Crippen LogP contribution is 2.31. The molecule has 1 fully saturated rings. The number of pyridine rings is 1. The maximum Gasteiger partial charge on any atom is 0.219 e. The van der Waals surface area contributed by atoms with Crippen LogP contribution in [0.3, 0.4) is 0 Å². The summed E-state index contributed by atoms with van der Waals surface area (Å²) in [5.41, 5.74) is 1.84. The van der Waals surface area contributed by atoms with Crippen LogP contribution >= 0.6 is 0 Å². The Morgan fingerprint density at radius 3 is 2.96 bits per heavy atom. The lowest BCUT2D eigenvalue weighted by atomic mass is 10.0. The number of amides is 2. The van der Waals surface area contributed by atoms with Gasteiger partial charge >= 0.3 is 0 Å². The molecule has 0 spiro atoms. The monoisotopic (exact) mass is 329 g/mol. The van der Waals surface area contributed by atoms with Crippen LogP contribution in [0.25, 0.3) is 11.0 Å². The van der Waals surface area contributed by atoms with Crippen LogP contribution < -0.4 is 5.32 Å². The second-order valence-electron chi connectivity index (χ2n) is 6.14. The molecule has 1 N–H and O–H groups in total. The highest BCUT2D eigenvalue weighted by molar-refractivity contribution is 5.79. The van der Waals surface area contributed by atoms with Crippen molar-refractivity contribution in [3.05, 3.63) is 24.0 Å². The maximum atomic E-state index is 11.6. The number of aromatic nitrogens is 3. The van der Waals surface area contributed by atoms with E-state index >= 15 is 0 Å². The van der Waals surface area contributed by atoms with E-state index in [0.717, 1.165) is 29.7 Å². The van der Waals surface area contributed by atoms with Crippen LogP contribution in [0, 0.1) is 0 Å². The minimum absolute atomic E-state index is 0.0348. The van der Waals surface area contributed by atoms with Crippen LogP contribution in [0.15, 0.2) is 18.3 Å². The van der Waals surface area contributed by atoms with Crippen molar-refractivity contribution < 1.29 is 9.59 Å². The lowest BCUT2D eigenvalue weighted by Crippen LogP contribution is -2.26. The minimum Gasteiger partial charge on any atom is -0.354 e. The average molecular weight is 329 g/mol. The molecule has 24 heavy (non-hydrogen) atoms. The first-order valence-corrected chi connectivity index (χ1v) is 8.43. The maximum absolute atomic E-state index is 11.6. The zero-order valence-corrected chi connectivity index (χ0v) is 14.2. The Bertz CT molecular complexity index is 755. The number of carbonyl (C=O) groups excluding carboxylic acids is 2. The van der Waals surface area contributed by atoms with Crippen LogP contribution in [-0.2, 0) is 16.1 Å². The smallest absolute Gasteiger partial charge is 0.219 e. The summed E-state index contributed by atoms with van der Waals surface area (Å²) in [5.74, 6) is 0.390. The largest absolute Gasteiger partial charge is 0.354 e. The Kier molecular flexibility index (Phi) is 4.78. The Morgan fingerprint density at radius 1 is 1.42 bits per heavy atom. The molecule has 0 bridgehead atoms. The molecule has 1 saturated heterocycles. The Morgan fingerprint density at radius 2 is 2.25 bits per heavy atom. The molecular weight excluding hydrogens is 306 g/mol. The minimum atomic E-state index is 0.0348. The van der Waals surface area contributed by atoms with Crippen molar-refractivity contribution in [2.24, 2.45) is 0 Å². The molecule has 128 valence electrons. The number of nitrogens with zero attached hydrogens (tertiary/aromatic N) is 4. The third-order valence-corrected chi connectivity index (χ3v) is 4.52. The van der Waals surface area contributed by atoms with Gasteiger partial charge in [-0.3, -0.25) is 9.59 Å². The summed E-state index contributed by atoms with van der Waals surface area (Å²) in [4.78, 5) is 29.3. The fourth-order valence-corrected chi connectivity index (χ4v) is 3.19. The molecule has 7 heteroatoms. The van der Waals surface area contributed by atoms with E-state index in [1.807, 2.05) is 28.6 Å². The fourth-order valence-electron chi connectivity index (χ4n) is 3.19. The van der Waals surface area contributed by atoms with Gasteiger partial charge in [-0.25, -0.2) is 9.67 Å². The Hall–Kier alpha value is -2.44. The van der Waals surface area contributed by atoms with Gasteiger partial charge in [0.05, 0.1) is 12.2 Å².